The zero-order chi connectivity index (χ0) is 18.7. The number of tetrazole rings is 1. The molecule has 1 fully saturated rings. The van der Waals surface area contributed by atoms with E-state index in [1.807, 2.05) is 44.2 Å². The number of aromatic nitrogens is 4. The normalized spacial score (nSPS) is 19.8. The van der Waals surface area contributed by atoms with E-state index >= 15 is 0 Å². The summed E-state index contributed by atoms with van der Waals surface area (Å²) in [4.78, 5) is 27.8. The van der Waals surface area contributed by atoms with Crippen LogP contribution in [0.25, 0.3) is 11.4 Å². The van der Waals surface area contributed by atoms with Gasteiger partial charge in [-0.2, -0.15) is 4.80 Å². The Bertz CT molecular complexity index is 774. The lowest BCUT2D eigenvalue weighted by Gasteiger charge is -2.24. The maximum atomic E-state index is 12.7. The van der Waals surface area contributed by atoms with Crippen molar-refractivity contribution in [3.63, 3.8) is 0 Å². The summed E-state index contributed by atoms with van der Waals surface area (Å²) in [7, 11) is 0. The minimum absolute atomic E-state index is 0.00156. The molecule has 1 saturated heterocycles. The lowest BCUT2D eigenvalue weighted by molar-refractivity contribution is -0.139. The minimum Gasteiger partial charge on any atom is -0.352 e. The van der Waals surface area contributed by atoms with Gasteiger partial charge in [-0.15, -0.1) is 10.2 Å². The van der Waals surface area contributed by atoms with Crippen LogP contribution >= 0.6 is 0 Å². The van der Waals surface area contributed by atoms with E-state index in [0.29, 0.717) is 18.8 Å². The zero-order valence-corrected chi connectivity index (χ0v) is 14.9. The number of amides is 2. The number of hydrogen-bond acceptors (Lipinski definition) is 6. The van der Waals surface area contributed by atoms with Crippen LogP contribution in [0.15, 0.2) is 30.3 Å². The van der Waals surface area contributed by atoms with E-state index in [-0.39, 0.29) is 30.4 Å². The molecule has 2 atom stereocenters. The number of rotatable bonds is 5. The summed E-state index contributed by atoms with van der Waals surface area (Å²) in [5, 5.41) is 15.0. The molecule has 2 amide bonds. The molecule has 9 heteroatoms. The van der Waals surface area contributed by atoms with Crippen molar-refractivity contribution < 1.29 is 9.59 Å². The van der Waals surface area contributed by atoms with Crippen LogP contribution in [0.4, 0.5) is 0 Å². The van der Waals surface area contributed by atoms with Crippen LogP contribution in [-0.4, -0.2) is 61.6 Å². The SMILES string of the molecule is CC(C)NC(=O)[C@@H]1C[C@H](N)CN1C(=O)Cn1nnc(-c2ccccc2)n1. The van der Waals surface area contributed by atoms with Crippen LogP contribution < -0.4 is 11.1 Å². The quantitative estimate of drug-likeness (QED) is 0.764. The second kappa shape index (κ2) is 7.61. The smallest absolute Gasteiger partial charge is 0.246 e. The van der Waals surface area contributed by atoms with Crippen LogP contribution in [0.3, 0.4) is 0 Å². The first-order chi connectivity index (χ1) is 12.4. The summed E-state index contributed by atoms with van der Waals surface area (Å²) in [6.07, 6.45) is 0.449. The Kier molecular flexibility index (Phi) is 5.27. The number of likely N-dealkylation sites (tertiary alicyclic amines) is 1. The van der Waals surface area contributed by atoms with Crippen molar-refractivity contribution >= 4 is 11.8 Å². The van der Waals surface area contributed by atoms with Crippen LogP contribution in [0.5, 0.6) is 0 Å². The average Bonchev–Trinajstić information content (AvgIpc) is 3.22. The predicted octanol–water partition coefficient (Wildman–Crippen LogP) is -0.207. The number of hydrogen-bond donors (Lipinski definition) is 2. The first-order valence-electron chi connectivity index (χ1n) is 8.62. The highest BCUT2D eigenvalue weighted by molar-refractivity contribution is 5.88. The van der Waals surface area contributed by atoms with E-state index in [1.165, 1.54) is 9.70 Å². The number of nitrogens with two attached hydrogens (primary N) is 1. The maximum absolute atomic E-state index is 12.7. The van der Waals surface area contributed by atoms with E-state index in [1.54, 1.807) is 0 Å². The number of carbonyl (C=O) groups is 2. The molecule has 2 heterocycles. The highest BCUT2D eigenvalue weighted by atomic mass is 16.2. The molecule has 3 rings (SSSR count). The molecule has 1 aromatic carbocycles. The van der Waals surface area contributed by atoms with Crippen molar-refractivity contribution in [2.24, 2.45) is 5.73 Å². The van der Waals surface area contributed by atoms with Gasteiger partial charge in [0.15, 0.2) is 0 Å². The van der Waals surface area contributed by atoms with Crippen LogP contribution in [0.1, 0.15) is 20.3 Å². The van der Waals surface area contributed by atoms with Crippen molar-refractivity contribution in [1.29, 1.82) is 0 Å². The van der Waals surface area contributed by atoms with Gasteiger partial charge in [-0.25, -0.2) is 0 Å². The molecule has 1 aliphatic rings. The monoisotopic (exact) mass is 357 g/mol. The number of carbonyl (C=O) groups excluding carboxylic acids is 2. The van der Waals surface area contributed by atoms with Crippen molar-refractivity contribution in [1.82, 2.24) is 30.4 Å². The van der Waals surface area contributed by atoms with Gasteiger partial charge in [-0.05, 0) is 25.5 Å². The third-order valence-corrected chi connectivity index (χ3v) is 4.15. The number of nitrogens with zero attached hydrogens (tertiary/aromatic N) is 5. The molecule has 0 bridgehead atoms. The van der Waals surface area contributed by atoms with Gasteiger partial charge in [0.1, 0.15) is 12.6 Å². The molecule has 0 unspecified atom stereocenters. The Hall–Kier alpha value is -2.81. The van der Waals surface area contributed by atoms with Crippen LogP contribution in [0.2, 0.25) is 0 Å². The molecule has 138 valence electrons. The van der Waals surface area contributed by atoms with Crippen molar-refractivity contribution in [2.75, 3.05) is 6.54 Å². The lowest BCUT2D eigenvalue weighted by Crippen LogP contribution is -2.48. The molecule has 26 heavy (non-hydrogen) atoms. The summed E-state index contributed by atoms with van der Waals surface area (Å²) in [6, 6.07) is 8.62. The first-order valence-corrected chi connectivity index (χ1v) is 8.62. The molecule has 1 aliphatic heterocycles. The van der Waals surface area contributed by atoms with Gasteiger partial charge in [-0.1, -0.05) is 30.3 Å². The molecular weight excluding hydrogens is 334 g/mol. The average molecular weight is 357 g/mol. The number of benzene rings is 1. The second-order valence-corrected chi connectivity index (χ2v) is 6.73. The molecule has 2 aromatic rings. The Balaban J connectivity index is 1.69. The molecule has 9 nitrogen and oxygen atoms in total. The third kappa shape index (κ3) is 4.05. The minimum atomic E-state index is -0.558. The second-order valence-electron chi connectivity index (χ2n) is 6.73. The molecule has 0 radical (unpaired) electrons. The lowest BCUT2D eigenvalue weighted by atomic mass is 10.1. The fourth-order valence-corrected chi connectivity index (χ4v) is 3.00. The molecule has 0 aliphatic carbocycles. The first kappa shape index (κ1) is 18.0. The topological polar surface area (TPSA) is 119 Å². The molecular formula is C17H23N7O2. The molecule has 0 saturated carbocycles. The van der Waals surface area contributed by atoms with Gasteiger partial charge in [0.05, 0.1) is 0 Å². The fourth-order valence-electron chi connectivity index (χ4n) is 3.00. The standard InChI is InChI=1S/C17H23N7O2/c1-11(2)19-17(26)14-8-13(18)9-23(14)15(25)10-24-21-16(20-22-24)12-6-4-3-5-7-12/h3-7,11,13-14H,8-10,18H2,1-2H3,(H,19,26)/t13-,14-/m0/s1. The van der Waals surface area contributed by atoms with Crippen molar-refractivity contribution in [3.05, 3.63) is 30.3 Å². The van der Waals surface area contributed by atoms with E-state index in [4.69, 9.17) is 5.73 Å². The van der Waals surface area contributed by atoms with Gasteiger partial charge in [-0.3, -0.25) is 9.59 Å². The van der Waals surface area contributed by atoms with E-state index in [0.717, 1.165) is 5.56 Å². The van der Waals surface area contributed by atoms with E-state index < -0.39 is 6.04 Å². The summed E-state index contributed by atoms with van der Waals surface area (Å²) < 4.78 is 0. The Morgan fingerprint density at radius 1 is 1.31 bits per heavy atom. The summed E-state index contributed by atoms with van der Waals surface area (Å²) in [5.41, 5.74) is 6.79. The Morgan fingerprint density at radius 3 is 2.73 bits per heavy atom. The van der Waals surface area contributed by atoms with Crippen molar-refractivity contribution in [2.45, 2.75) is 44.9 Å². The maximum Gasteiger partial charge on any atom is 0.246 e. The predicted molar refractivity (Wildman–Crippen MR) is 94.6 cm³/mol. The largest absolute Gasteiger partial charge is 0.352 e. The fraction of sp³-hybridized carbons (Fsp3) is 0.471. The van der Waals surface area contributed by atoms with E-state index in [2.05, 4.69) is 20.7 Å². The number of nitrogens with one attached hydrogen (secondary N) is 1. The van der Waals surface area contributed by atoms with Crippen LogP contribution in [-0.2, 0) is 16.1 Å². The van der Waals surface area contributed by atoms with Crippen LogP contribution in [0, 0.1) is 0 Å². The molecule has 0 spiro atoms. The van der Waals surface area contributed by atoms with Gasteiger partial charge in [0, 0.05) is 24.2 Å². The van der Waals surface area contributed by atoms with Gasteiger partial charge in [0.2, 0.25) is 17.6 Å². The Morgan fingerprint density at radius 2 is 2.04 bits per heavy atom. The zero-order valence-electron chi connectivity index (χ0n) is 14.9. The van der Waals surface area contributed by atoms with Gasteiger partial charge in [0.25, 0.3) is 0 Å². The highest BCUT2D eigenvalue weighted by Gasteiger charge is 2.38. The van der Waals surface area contributed by atoms with Gasteiger partial charge >= 0.3 is 0 Å². The summed E-state index contributed by atoms with van der Waals surface area (Å²) in [5.74, 6) is 0.0160. The highest BCUT2D eigenvalue weighted by Crippen LogP contribution is 2.18. The van der Waals surface area contributed by atoms with Crippen molar-refractivity contribution in [3.8, 4) is 11.4 Å². The summed E-state index contributed by atoms with van der Waals surface area (Å²) >= 11 is 0. The Labute approximate surface area is 151 Å². The molecule has 1 aromatic heterocycles. The summed E-state index contributed by atoms with van der Waals surface area (Å²) in [6.45, 7) is 4.01. The molecule has 3 N–H and O–H groups in total. The van der Waals surface area contributed by atoms with E-state index in [9.17, 15) is 9.59 Å². The third-order valence-electron chi connectivity index (χ3n) is 4.15. The van der Waals surface area contributed by atoms with Gasteiger partial charge < -0.3 is 16.0 Å².